The number of nitrogens with zero attached hydrogens (tertiary/aromatic N) is 2. The molecular formula is C18H24N4O2. The molecule has 0 bridgehead atoms. The van der Waals surface area contributed by atoms with Gasteiger partial charge in [-0.2, -0.15) is 0 Å². The molecule has 0 aliphatic rings. The molecule has 6 heteroatoms. The highest BCUT2D eigenvalue weighted by atomic mass is 16.2. The molecule has 24 heavy (non-hydrogen) atoms. The maximum absolute atomic E-state index is 12.6. The van der Waals surface area contributed by atoms with Crippen LogP contribution in [0.25, 0.3) is 0 Å². The van der Waals surface area contributed by atoms with Crippen LogP contribution < -0.4 is 10.6 Å². The van der Waals surface area contributed by atoms with Gasteiger partial charge in [0, 0.05) is 37.1 Å². The van der Waals surface area contributed by atoms with E-state index in [-0.39, 0.29) is 23.3 Å². The first kappa shape index (κ1) is 17.7. The Labute approximate surface area is 142 Å². The summed E-state index contributed by atoms with van der Waals surface area (Å²) in [4.78, 5) is 28.4. The Hall–Kier alpha value is -2.63. The Morgan fingerprint density at radius 1 is 1.21 bits per heavy atom. The number of carbonyl (C=O) groups is 2. The van der Waals surface area contributed by atoms with Crippen molar-refractivity contribution < 1.29 is 9.59 Å². The van der Waals surface area contributed by atoms with Crippen molar-refractivity contribution >= 4 is 11.8 Å². The van der Waals surface area contributed by atoms with E-state index in [1.165, 1.54) is 0 Å². The van der Waals surface area contributed by atoms with Gasteiger partial charge >= 0.3 is 0 Å². The largest absolute Gasteiger partial charge is 0.355 e. The van der Waals surface area contributed by atoms with Gasteiger partial charge in [0.1, 0.15) is 0 Å². The molecule has 1 atom stereocenters. The second-order valence-corrected chi connectivity index (χ2v) is 6.81. The van der Waals surface area contributed by atoms with E-state index in [0.29, 0.717) is 17.7 Å². The second-order valence-electron chi connectivity index (χ2n) is 6.81. The number of amides is 2. The summed E-state index contributed by atoms with van der Waals surface area (Å²) in [6.07, 6.45) is 5.32. The number of rotatable bonds is 5. The Balaban J connectivity index is 2.17. The van der Waals surface area contributed by atoms with Gasteiger partial charge in [0.2, 0.25) is 0 Å². The molecular weight excluding hydrogens is 304 g/mol. The fourth-order valence-electron chi connectivity index (χ4n) is 2.33. The Kier molecular flexibility index (Phi) is 5.39. The summed E-state index contributed by atoms with van der Waals surface area (Å²) in [5, 5.41) is 5.64. The highest BCUT2D eigenvalue weighted by Crippen LogP contribution is 2.21. The number of carbonyl (C=O) groups excluding carboxylic acids is 2. The van der Waals surface area contributed by atoms with Crippen LogP contribution in [0.3, 0.4) is 0 Å². The van der Waals surface area contributed by atoms with Crippen LogP contribution in [0, 0.1) is 5.41 Å². The van der Waals surface area contributed by atoms with Gasteiger partial charge in [-0.1, -0.05) is 26.8 Å². The molecule has 128 valence electrons. The normalized spacial score (nSPS) is 12.5. The van der Waals surface area contributed by atoms with E-state index < -0.39 is 0 Å². The first-order chi connectivity index (χ1) is 11.3. The van der Waals surface area contributed by atoms with Crippen LogP contribution in [-0.4, -0.2) is 34.5 Å². The lowest BCUT2D eigenvalue weighted by Gasteiger charge is -2.31. The van der Waals surface area contributed by atoms with Gasteiger partial charge < -0.3 is 15.2 Å². The highest BCUT2D eigenvalue weighted by Gasteiger charge is 2.27. The quantitative estimate of drug-likeness (QED) is 0.882. The molecule has 0 aliphatic heterocycles. The lowest BCUT2D eigenvalue weighted by atomic mass is 9.86. The fraction of sp³-hybridized carbons (Fsp3) is 0.389. The molecule has 6 nitrogen and oxygen atoms in total. The number of hydrogen-bond donors (Lipinski definition) is 2. The standard InChI is InChI=1S/C18H24N4O2/c1-18(2,3)15(11-22-9-8-20-12-22)21-17(24)14-7-5-6-13(10-14)16(23)19-4/h5-10,12,15H,11H2,1-4H3,(H,19,23)(H,21,24). The van der Waals surface area contributed by atoms with Crippen molar-refractivity contribution in [2.75, 3.05) is 7.05 Å². The minimum atomic E-state index is -0.213. The van der Waals surface area contributed by atoms with Crippen molar-refractivity contribution in [3.05, 3.63) is 54.1 Å². The summed E-state index contributed by atoms with van der Waals surface area (Å²) in [5.74, 6) is -0.406. The molecule has 2 rings (SSSR count). The van der Waals surface area contributed by atoms with Crippen LogP contribution in [-0.2, 0) is 6.54 Å². The van der Waals surface area contributed by atoms with Gasteiger partial charge in [-0.05, 0) is 23.6 Å². The van der Waals surface area contributed by atoms with E-state index in [1.54, 1.807) is 43.8 Å². The maximum atomic E-state index is 12.6. The monoisotopic (exact) mass is 328 g/mol. The van der Waals surface area contributed by atoms with E-state index in [1.807, 2.05) is 10.8 Å². The molecule has 0 saturated heterocycles. The number of nitrogens with one attached hydrogen (secondary N) is 2. The van der Waals surface area contributed by atoms with Crippen molar-refractivity contribution in [1.82, 2.24) is 20.2 Å². The van der Waals surface area contributed by atoms with Crippen LogP contribution in [0.4, 0.5) is 0 Å². The zero-order chi connectivity index (χ0) is 17.7. The molecule has 1 heterocycles. The Morgan fingerprint density at radius 2 is 1.88 bits per heavy atom. The molecule has 1 aromatic heterocycles. The number of benzene rings is 1. The summed E-state index contributed by atoms with van der Waals surface area (Å²) in [6, 6.07) is 6.62. The predicted octanol–water partition coefficient (Wildman–Crippen LogP) is 2.09. The minimum Gasteiger partial charge on any atom is -0.355 e. The number of imidazole rings is 1. The summed E-state index contributed by atoms with van der Waals surface area (Å²) in [5.41, 5.74) is 0.807. The van der Waals surface area contributed by atoms with Crippen molar-refractivity contribution in [2.24, 2.45) is 5.41 Å². The molecule has 0 aliphatic carbocycles. The first-order valence-corrected chi connectivity index (χ1v) is 7.90. The predicted molar refractivity (Wildman–Crippen MR) is 92.8 cm³/mol. The molecule has 1 aromatic carbocycles. The lowest BCUT2D eigenvalue weighted by Crippen LogP contribution is -2.46. The van der Waals surface area contributed by atoms with Gasteiger partial charge in [-0.15, -0.1) is 0 Å². The van der Waals surface area contributed by atoms with E-state index in [4.69, 9.17) is 0 Å². The van der Waals surface area contributed by atoms with E-state index in [0.717, 1.165) is 0 Å². The van der Waals surface area contributed by atoms with Crippen molar-refractivity contribution in [3.8, 4) is 0 Å². The van der Waals surface area contributed by atoms with Gasteiger partial charge in [0.15, 0.2) is 0 Å². The highest BCUT2D eigenvalue weighted by molar-refractivity contribution is 5.99. The first-order valence-electron chi connectivity index (χ1n) is 7.90. The summed E-state index contributed by atoms with van der Waals surface area (Å²) in [7, 11) is 1.57. The zero-order valence-corrected chi connectivity index (χ0v) is 14.5. The van der Waals surface area contributed by atoms with Crippen LogP contribution >= 0.6 is 0 Å². The molecule has 0 saturated carbocycles. The molecule has 0 spiro atoms. The smallest absolute Gasteiger partial charge is 0.251 e. The summed E-state index contributed by atoms with van der Waals surface area (Å²) < 4.78 is 1.94. The van der Waals surface area contributed by atoms with Gasteiger partial charge in [-0.25, -0.2) is 4.98 Å². The fourth-order valence-corrected chi connectivity index (χ4v) is 2.33. The number of aromatic nitrogens is 2. The third-order valence-electron chi connectivity index (χ3n) is 3.92. The molecule has 0 fully saturated rings. The summed E-state index contributed by atoms with van der Waals surface area (Å²) >= 11 is 0. The molecule has 0 radical (unpaired) electrons. The van der Waals surface area contributed by atoms with Gasteiger partial charge in [0.05, 0.1) is 12.4 Å². The zero-order valence-electron chi connectivity index (χ0n) is 14.5. The van der Waals surface area contributed by atoms with E-state index in [2.05, 4.69) is 36.4 Å². The topological polar surface area (TPSA) is 76.0 Å². The number of hydrogen-bond acceptors (Lipinski definition) is 3. The average Bonchev–Trinajstić information content (AvgIpc) is 3.05. The average molecular weight is 328 g/mol. The lowest BCUT2D eigenvalue weighted by molar-refractivity contribution is 0.0892. The van der Waals surface area contributed by atoms with Crippen LogP contribution in [0.1, 0.15) is 41.5 Å². The van der Waals surface area contributed by atoms with E-state index in [9.17, 15) is 9.59 Å². The molecule has 1 unspecified atom stereocenters. The Morgan fingerprint density at radius 3 is 2.42 bits per heavy atom. The van der Waals surface area contributed by atoms with Crippen molar-refractivity contribution in [3.63, 3.8) is 0 Å². The van der Waals surface area contributed by atoms with Gasteiger partial charge in [0.25, 0.3) is 11.8 Å². The van der Waals surface area contributed by atoms with E-state index >= 15 is 0 Å². The minimum absolute atomic E-state index is 0.0807. The third-order valence-corrected chi connectivity index (χ3v) is 3.92. The SMILES string of the molecule is CNC(=O)c1cccc(C(=O)NC(Cn2ccnc2)C(C)(C)C)c1. The van der Waals surface area contributed by atoms with Crippen molar-refractivity contribution in [1.29, 1.82) is 0 Å². The third kappa shape index (κ3) is 4.44. The maximum Gasteiger partial charge on any atom is 0.251 e. The van der Waals surface area contributed by atoms with Crippen LogP contribution in [0.5, 0.6) is 0 Å². The van der Waals surface area contributed by atoms with Crippen LogP contribution in [0.15, 0.2) is 43.0 Å². The summed E-state index contributed by atoms with van der Waals surface area (Å²) in [6.45, 7) is 6.87. The molecule has 2 amide bonds. The Bertz CT molecular complexity index is 702. The van der Waals surface area contributed by atoms with Crippen LogP contribution in [0.2, 0.25) is 0 Å². The molecule has 2 aromatic rings. The van der Waals surface area contributed by atoms with Gasteiger partial charge in [-0.3, -0.25) is 9.59 Å². The molecule has 2 N–H and O–H groups in total. The van der Waals surface area contributed by atoms with Crippen molar-refractivity contribution in [2.45, 2.75) is 33.4 Å². The second kappa shape index (κ2) is 7.29.